The van der Waals surface area contributed by atoms with Gasteiger partial charge >= 0.3 is 5.97 Å². The highest BCUT2D eigenvalue weighted by Gasteiger charge is 2.36. The van der Waals surface area contributed by atoms with Gasteiger partial charge in [0.2, 0.25) is 10.0 Å². The Balaban J connectivity index is 2.33. The quantitative estimate of drug-likeness (QED) is 0.861. The summed E-state index contributed by atoms with van der Waals surface area (Å²) in [6.45, 7) is 4.34. The molecule has 2 unspecified atom stereocenters. The van der Waals surface area contributed by atoms with Gasteiger partial charge in [-0.15, -0.1) is 0 Å². The van der Waals surface area contributed by atoms with Crippen molar-refractivity contribution in [2.75, 3.05) is 13.2 Å². The predicted octanol–water partition coefficient (Wildman–Crippen LogP) is 0.901. The van der Waals surface area contributed by atoms with E-state index >= 15 is 0 Å². The third kappa shape index (κ3) is 2.72. The summed E-state index contributed by atoms with van der Waals surface area (Å²) in [6, 6.07) is 0.921. The number of aromatic nitrogens is 1. The first-order valence-corrected chi connectivity index (χ1v) is 7.85. The van der Waals surface area contributed by atoms with Gasteiger partial charge in [0, 0.05) is 18.8 Å². The molecule has 0 amide bonds. The number of carboxylic acids is 1. The average Bonchev–Trinajstić information content (AvgIpc) is 2.89. The van der Waals surface area contributed by atoms with E-state index in [0.717, 1.165) is 6.07 Å². The summed E-state index contributed by atoms with van der Waals surface area (Å²) in [5.74, 6) is -1.19. The molecule has 1 aromatic rings. The van der Waals surface area contributed by atoms with Crippen molar-refractivity contribution in [1.82, 2.24) is 9.29 Å². The van der Waals surface area contributed by atoms with Crippen molar-refractivity contribution in [3.05, 3.63) is 18.0 Å². The lowest BCUT2D eigenvalue weighted by atomic mass is 10.2. The van der Waals surface area contributed by atoms with Crippen LogP contribution in [0.15, 0.2) is 17.2 Å². The van der Waals surface area contributed by atoms with Crippen molar-refractivity contribution in [3.63, 3.8) is 0 Å². The van der Waals surface area contributed by atoms with Crippen molar-refractivity contribution >= 4 is 16.0 Å². The zero-order chi connectivity index (χ0) is 14.9. The molecule has 0 saturated carbocycles. The SMILES string of the molecule is CCC1COC(C)CN1S(=O)(=O)c1c[nH]c(C(=O)O)c1. The van der Waals surface area contributed by atoms with Crippen LogP contribution in [0, 0.1) is 0 Å². The number of sulfonamides is 1. The zero-order valence-corrected chi connectivity index (χ0v) is 12.2. The first-order chi connectivity index (χ1) is 9.36. The Bertz CT molecular complexity index is 595. The van der Waals surface area contributed by atoms with Gasteiger partial charge in [-0.05, 0) is 19.4 Å². The molecule has 1 aliphatic rings. The summed E-state index contributed by atoms with van der Waals surface area (Å²) >= 11 is 0. The molecule has 2 rings (SSSR count). The van der Waals surface area contributed by atoms with Crippen LogP contribution in [0.3, 0.4) is 0 Å². The van der Waals surface area contributed by atoms with Crippen molar-refractivity contribution in [3.8, 4) is 0 Å². The van der Waals surface area contributed by atoms with E-state index in [1.165, 1.54) is 10.5 Å². The number of aromatic carboxylic acids is 1. The second-order valence-corrected chi connectivity index (χ2v) is 6.73. The number of hydrogen-bond donors (Lipinski definition) is 2. The van der Waals surface area contributed by atoms with Crippen LogP contribution in [0.1, 0.15) is 30.8 Å². The molecule has 1 aliphatic heterocycles. The fourth-order valence-electron chi connectivity index (χ4n) is 2.21. The summed E-state index contributed by atoms with van der Waals surface area (Å²) in [7, 11) is -3.71. The minimum atomic E-state index is -3.71. The molecule has 20 heavy (non-hydrogen) atoms. The molecule has 2 atom stereocenters. The highest BCUT2D eigenvalue weighted by molar-refractivity contribution is 7.89. The molecule has 7 nitrogen and oxygen atoms in total. The number of morpholine rings is 1. The maximum Gasteiger partial charge on any atom is 0.352 e. The Morgan fingerprint density at radius 1 is 1.60 bits per heavy atom. The molecule has 1 fully saturated rings. The summed E-state index contributed by atoms with van der Waals surface area (Å²) in [5, 5.41) is 8.85. The van der Waals surface area contributed by atoms with Gasteiger partial charge < -0.3 is 14.8 Å². The molecule has 0 bridgehead atoms. The number of carbonyl (C=O) groups is 1. The molecule has 0 spiro atoms. The Hall–Kier alpha value is -1.38. The van der Waals surface area contributed by atoms with Crippen LogP contribution < -0.4 is 0 Å². The number of aromatic amines is 1. The molecule has 0 aliphatic carbocycles. The van der Waals surface area contributed by atoms with E-state index in [-0.39, 0.29) is 29.3 Å². The van der Waals surface area contributed by atoms with Gasteiger partial charge in [0.1, 0.15) is 10.6 Å². The van der Waals surface area contributed by atoms with Crippen LogP contribution >= 0.6 is 0 Å². The number of nitrogens with one attached hydrogen (secondary N) is 1. The number of rotatable bonds is 4. The Labute approximate surface area is 117 Å². The van der Waals surface area contributed by atoms with E-state index in [0.29, 0.717) is 13.0 Å². The topological polar surface area (TPSA) is 99.7 Å². The molecule has 1 saturated heterocycles. The van der Waals surface area contributed by atoms with Gasteiger partial charge in [-0.1, -0.05) is 6.92 Å². The molecule has 112 valence electrons. The maximum atomic E-state index is 12.6. The lowest BCUT2D eigenvalue weighted by Gasteiger charge is -2.36. The lowest BCUT2D eigenvalue weighted by Crippen LogP contribution is -2.51. The fourth-order valence-corrected chi connectivity index (χ4v) is 3.97. The molecular formula is C12H18N2O5S. The van der Waals surface area contributed by atoms with Crippen LogP contribution in [0.2, 0.25) is 0 Å². The molecule has 2 heterocycles. The monoisotopic (exact) mass is 302 g/mol. The number of H-pyrrole nitrogens is 1. The molecule has 2 N–H and O–H groups in total. The van der Waals surface area contributed by atoms with Gasteiger partial charge in [-0.2, -0.15) is 4.31 Å². The third-order valence-electron chi connectivity index (χ3n) is 3.38. The number of ether oxygens (including phenoxy) is 1. The second kappa shape index (κ2) is 5.55. The first-order valence-electron chi connectivity index (χ1n) is 6.41. The molecular weight excluding hydrogens is 284 g/mol. The average molecular weight is 302 g/mol. The summed E-state index contributed by atoms with van der Waals surface area (Å²) in [5.41, 5.74) is -0.141. The van der Waals surface area contributed by atoms with E-state index in [1.54, 1.807) is 0 Å². The number of hydrogen-bond acceptors (Lipinski definition) is 4. The maximum absolute atomic E-state index is 12.6. The second-order valence-electron chi connectivity index (χ2n) is 4.83. The van der Waals surface area contributed by atoms with E-state index in [2.05, 4.69) is 4.98 Å². The number of carboxylic acid groups (broad SMARTS) is 1. The van der Waals surface area contributed by atoms with Crippen LogP contribution in [-0.2, 0) is 14.8 Å². The van der Waals surface area contributed by atoms with E-state index in [1.807, 2.05) is 13.8 Å². The minimum Gasteiger partial charge on any atom is -0.477 e. The van der Waals surface area contributed by atoms with E-state index in [9.17, 15) is 13.2 Å². The normalized spacial score (nSPS) is 24.7. The Kier molecular flexibility index (Phi) is 4.17. The highest BCUT2D eigenvalue weighted by atomic mass is 32.2. The summed E-state index contributed by atoms with van der Waals surface area (Å²) in [4.78, 5) is 13.3. The van der Waals surface area contributed by atoms with Gasteiger partial charge in [-0.3, -0.25) is 0 Å². The first kappa shape index (κ1) is 15.0. The van der Waals surface area contributed by atoms with E-state index in [4.69, 9.17) is 9.84 Å². The number of nitrogens with zero attached hydrogens (tertiary/aromatic N) is 1. The predicted molar refractivity (Wildman–Crippen MR) is 71.1 cm³/mol. The van der Waals surface area contributed by atoms with Gasteiger partial charge in [-0.25, -0.2) is 13.2 Å². The molecule has 0 aromatic carbocycles. The van der Waals surface area contributed by atoms with Gasteiger partial charge in [0.05, 0.1) is 12.7 Å². The molecule has 1 aromatic heterocycles. The summed E-state index contributed by atoms with van der Waals surface area (Å²) < 4.78 is 32.1. The van der Waals surface area contributed by atoms with Crippen LogP contribution in [0.5, 0.6) is 0 Å². The van der Waals surface area contributed by atoms with Gasteiger partial charge in [0.15, 0.2) is 0 Å². The van der Waals surface area contributed by atoms with Crippen LogP contribution in [-0.4, -0.2) is 54.1 Å². The molecule has 8 heteroatoms. The zero-order valence-electron chi connectivity index (χ0n) is 11.4. The Morgan fingerprint density at radius 3 is 2.85 bits per heavy atom. The van der Waals surface area contributed by atoms with E-state index < -0.39 is 16.0 Å². The fraction of sp³-hybridized carbons (Fsp3) is 0.583. The lowest BCUT2D eigenvalue weighted by molar-refractivity contribution is -0.0230. The van der Waals surface area contributed by atoms with Crippen molar-refractivity contribution < 1.29 is 23.1 Å². The van der Waals surface area contributed by atoms with Gasteiger partial charge in [0.25, 0.3) is 0 Å². The van der Waals surface area contributed by atoms with Crippen molar-refractivity contribution in [2.24, 2.45) is 0 Å². The Morgan fingerprint density at radius 2 is 2.30 bits per heavy atom. The van der Waals surface area contributed by atoms with Crippen molar-refractivity contribution in [1.29, 1.82) is 0 Å². The minimum absolute atomic E-state index is 0.0255. The molecule has 0 radical (unpaired) electrons. The van der Waals surface area contributed by atoms with Crippen LogP contribution in [0.25, 0.3) is 0 Å². The van der Waals surface area contributed by atoms with Crippen molar-refractivity contribution in [2.45, 2.75) is 37.3 Å². The third-order valence-corrected chi connectivity index (χ3v) is 5.28. The largest absolute Gasteiger partial charge is 0.477 e. The van der Waals surface area contributed by atoms with Crippen LogP contribution in [0.4, 0.5) is 0 Å². The smallest absolute Gasteiger partial charge is 0.352 e. The highest BCUT2D eigenvalue weighted by Crippen LogP contribution is 2.24. The standard InChI is InChI=1S/C12H18N2O5S/c1-3-9-7-19-8(2)6-14(9)20(17,18)10-4-11(12(15)16)13-5-10/h4-5,8-9,13H,3,6-7H2,1-2H3,(H,15,16). The summed E-state index contributed by atoms with van der Waals surface area (Å²) in [6.07, 6.45) is 1.68.